The van der Waals surface area contributed by atoms with Gasteiger partial charge in [0.1, 0.15) is 19.0 Å². The van der Waals surface area contributed by atoms with Crippen LogP contribution in [0.4, 0.5) is 0 Å². The van der Waals surface area contributed by atoms with Crippen LogP contribution in [0.2, 0.25) is 0 Å². The van der Waals surface area contributed by atoms with Gasteiger partial charge in [-0.2, -0.15) is 0 Å². The van der Waals surface area contributed by atoms with E-state index in [4.69, 9.17) is 9.47 Å². The first-order chi connectivity index (χ1) is 11.6. The van der Waals surface area contributed by atoms with E-state index in [9.17, 15) is 4.79 Å². The molecule has 1 unspecified atom stereocenters. The lowest BCUT2D eigenvalue weighted by atomic mass is 9.96. The smallest absolute Gasteiger partial charge is 0.155 e. The van der Waals surface area contributed by atoms with Gasteiger partial charge in [-0.15, -0.1) is 0 Å². The van der Waals surface area contributed by atoms with Gasteiger partial charge in [0.2, 0.25) is 0 Å². The highest BCUT2D eigenvalue weighted by Gasteiger charge is 2.04. The Bertz CT molecular complexity index is 629. The Labute approximate surface area is 144 Å². The van der Waals surface area contributed by atoms with Crippen molar-refractivity contribution in [2.75, 3.05) is 19.8 Å². The molecule has 24 heavy (non-hydrogen) atoms. The largest absolute Gasteiger partial charge is 0.491 e. The van der Waals surface area contributed by atoms with Crippen molar-refractivity contribution < 1.29 is 14.3 Å². The summed E-state index contributed by atoms with van der Waals surface area (Å²) in [5, 5.41) is 0. The summed E-state index contributed by atoms with van der Waals surface area (Å²) in [5.41, 5.74) is 3.76. The maximum atomic E-state index is 10.8. The first-order valence-corrected chi connectivity index (χ1v) is 8.50. The number of hydrogen-bond donors (Lipinski definition) is 0. The standard InChI is InChI=1S/C21H26O3/c1-4-16(2)18-5-7-19(8-6-18)20-9-11-21(12-10-20)24-14-13-23-15-17(3)22/h5-12,16H,4,13-15H2,1-3H3. The van der Waals surface area contributed by atoms with E-state index in [1.807, 2.05) is 12.1 Å². The van der Waals surface area contributed by atoms with Gasteiger partial charge in [-0.1, -0.05) is 50.2 Å². The van der Waals surface area contributed by atoms with Gasteiger partial charge >= 0.3 is 0 Å². The number of rotatable bonds is 9. The molecule has 0 aromatic heterocycles. The summed E-state index contributed by atoms with van der Waals surface area (Å²) in [5.74, 6) is 1.43. The molecule has 0 saturated carbocycles. The van der Waals surface area contributed by atoms with Crippen LogP contribution in [0.1, 0.15) is 38.7 Å². The molecule has 0 aliphatic heterocycles. The third kappa shape index (κ3) is 5.50. The minimum Gasteiger partial charge on any atom is -0.491 e. The minimum absolute atomic E-state index is 0.0266. The molecule has 0 aliphatic rings. The summed E-state index contributed by atoms with van der Waals surface area (Å²) >= 11 is 0. The number of ketones is 1. The Morgan fingerprint density at radius 2 is 1.54 bits per heavy atom. The molecular formula is C21H26O3. The number of ether oxygens (including phenoxy) is 2. The minimum atomic E-state index is 0.0266. The average Bonchev–Trinajstić information content (AvgIpc) is 2.61. The second-order valence-corrected chi connectivity index (χ2v) is 6.06. The van der Waals surface area contributed by atoms with Gasteiger partial charge in [0, 0.05) is 0 Å². The number of Topliss-reactive ketones (excluding diaryl/α,β-unsaturated/α-hetero) is 1. The molecular weight excluding hydrogens is 300 g/mol. The maximum Gasteiger partial charge on any atom is 0.155 e. The van der Waals surface area contributed by atoms with E-state index in [0.29, 0.717) is 19.1 Å². The zero-order valence-electron chi connectivity index (χ0n) is 14.7. The summed E-state index contributed by atoms with van der Waals surface area (Å²) in [4.78, 5) is 10.8. The molecule has 3 nitrogen and oxygen atoms in total. The Kier molecular flexibility index (Phi) is 7.01. The molecule has 0 aliphatic carbocycles. The van der Waals surface area contributed by atoms with Gasteiger partial charge < -0.3 is 9.47 Å². The maximum absolute atomic E-state index is 10.8. The summed E-state index contributed by atoms with van der Waals surface area (Å²) in [6.07, 6.45) is 1.15. The fraction of sp³-hybridized carbons (Fsp3) is 0.381. The van der Waals surface area contributed by atoms with Gasteiger partial charge in [-0.25, -0.2) is 0 Å². The van der Waals surface area contributed by atoms with Gasteiger partial charge in [-0.05, 0) is 48.1 Å². The van der Waals surface area contributed by atoms with Crippen LogP contribution in [0, 0.1) is 0 Å². The summed E-state index contributed by atoms with van der Waals surface area (Å²) in [7, 11) is 0. The lowest BCUT2D eigenvalue weighted by Crippen LogP contribution is -2.11. The van der Waals surface area contributed by atoms with E-state index in [0.717, 1.165) is 12.2 Å². The third-order valence-electron chi connectivity index (χ3n) is 4.08. The topological polar surface area (TPSA) is 35.5 Å². The fourth-order valence-electron chi connectivity index (χ4n) is 2.42. The fourth-order valence-corrected chi connectivity index (χ4v) is 2.42. The van der Waals surface area contributed by atoms with Crippen LogP contribution >= 0.6 is 0 Å². The SMILES string of the molecule is CCC(C)c1ccc(-c2ccc(OCCOCC(C)=O)cc2)cc1. The van der Waals surface area contributed by atoms with Crippen LogP contribution in [-0.4, -0.2) is 25.6 Å². The van der Waals surface area contributed by atoms with Crippen molar-refractivity contribution in [3.8, 4) is 16.9 Å². The molecule has 0 heterocycles. The number of carbonyl (C=O) groups is 1. The molecule has 128 valence electrons. The van der Waals surface area contributed by atoms with Crippen LogP contribution in [0.5, 0.6) is 5.75 Å². The average molecular weight is 326 g/mol. The van der Waals surface area contributed by atoms with Crippen molar-refractivity contribution in [3.63, 3.8) is 0 Å². The van der Waals surface area contributed by atoms with Crippen molar-refractivity contribution in [3.05, 3.63) is 54.1 Å². The molecule has 0 N–H and O–H groups in total. The molecule has 0 radical (unpaired) electrons. The van der Waals surface area contributed by atoms with E-state index < -0.39 is 0 Å². The highest BCUT2D eigenvalue weighted by Crippen LogP contribution is 2.25. The molecule has 2 aromatic rings. The Morgan fingerprint density at radius 1 is 0.958 bits per heavy atom. The lowest BCUT2D eigenvalue weighted by molar-refractivity contribution is -0.121. The van der Waals surface area contributed by atoms with E-state index in [1.54, 1.807) is 0 Å². The Hall–Kier alpha value is -2.13. The molecule has 3 heteroatoms. The van der Waals surface area contributed by atoms with Crippen molar-refractivity contribution in [2.24, 2.45) is 0 Å². The normalized spacial score (nSPS) is 12.0. The first-order valence-electron chi connectivity index (χ1n) is 8.50. The van der Waals surface area contributed by atoms with Crippen molar-refractivity contribution in [2.45, 2.75) is 33.1 Å². The summed E-state index contributed by atoms with van der Waals surface area (Å²) in [6, 6.07) is 16.8. The molecule has 2 rings (SSSR count). The van der Waals surface area contributed by atoms with Crippen molar-refractivity contribution >= 4 is 5.78 Å². The van der Waals surface area contributed by atoms with Crippen molar-refractivity contribution in [1.29, 1.82) is 0 Å². The number of carbonyl (C=O) groups excluding carboxylic acids is 1. The predicted octanol–water partition coefficient (Wildman–Crippen LogP) is 4.85. The molecule has 0 saturated heterocycles. The van der Waals surface area contributed by atoms with Gasteiger partial charge in [0.05, 0.1) is 6.61 Å². The summed E-state index contributed by atoms with van der Waals surface area (Å²) in [6.45, 7) is 6.97. The monoisotopic (exact) mass is 326 g/mol. The lowest BCUT2D eigenvalue weighted by Gasteiger charge is -2.10. The van der Waals surface area contributed by atoms with Gasteiger partial charge in [-0.3, -0.25) is 4.79 Å². The highest BCUT2D eigenvalue weighted by atomic mass is 16.5. The Balaban J connectivity index is 1.88. The number of benzene rings is 2. The summed E-state index contributed by atoms with van der Waals surface area (Å²) < 4.78 is 10.8. The van der Waals surface area contributed by atoms with Crippen molar-refractivity contribution in [1.82, 2.24) is 0 Å². The van der Waals surface area contributed by atoms with E-state index >= 15 is 0 Å². The quantitative estimate of drug-likeness (QED) is 0.618. The van der Waals surface area contributed by atoms with Crippen LogP contribution < -0.4 is 4.74 Å². The van der Waals surface area contributed by atoms with Crippen LogP contribution in [-0.2, 0) is 9.53 Å². The third-order valence-corrected chi connectivity index (χ3v) is 4.08. The molecule has 1 atom stereocenters. The zero-order valence-corrected chi connectivity index (χ0v) is 14.7. The molecule has 0 spiro atoms. The van der Waals surface area contributed by atoms with E-state index in [2.05, 4.69) is 50.2 Å². The second-order valence-electron chi connectivity index (χ2n) is 6.06. The molecule has 0 bridgehead atoms. The molecule has 0 amide bonds. The number of hydrogen-bond acceptors (Lipinski definition) is 3. The van der Waals surface area contributed by atoms with E-state index in [1.165, 1.54) is 23.6 Å². The highest BCUT2D eigenvalue weighted by molar-refractivity contribution is 5.76. The van der Waals surface area contributed by atoms with Crippen LogP contribution in [0.3, 0.4) is 0 Å². The van der Waals surface area contributed by atoms with Crippen LogP contribution in [0.15, 0.2) is 48.5 Å². The predicted molar refractivity (Wildman–Crippen MR) is 97.6 cm³/mol. The molecule has 0 fully saturated rings. The zero-order chi connectivity index (χ0) is 17.4. The Morgan fingerprint density at radius 3 is 2.08 bits per heavy atom. The van der Waals surface area contributed by atoms with Gasteiger partial charge in [0.15, 0.2) is 5.78 Å². The van der Waals surface area contributed by atoms with Crippen LogP contribution in [0.25, 0.3) is 11.1 Å². The van der Waals surface area contributed by atoms with E-state index in [-0.39, 0.29) is 12.4 Å². The second kappa shape index (κ2) is 9.24. The van der Waals surface area contributed by atoms with Gasteiger partial charge in [0.25, 0.3) is 0 Å². The molecule has 2 aromatic carbocycles. The first kappa shape index (κ1) is 18.2.